The van der Waals surface area contributed by atoms with Gasteiger partial charge in [-0.05, 0) is 45.6 Å². The quantitative estimate of drug-likeness (QED) is 0.267. The van der Waals surface area contributed by atoms with Crippen LogP contribution < -0.4 is 10.6 Å². The van der Waals surface area contributed by atoms with Gasteiger partial charge < -0.3 is 15.4 Å². The first-order valence-electron chi connectivity index (χ1n) is 11.8. The molecular weight excluding hydrogens is 503 g/mol. The van der Waals surface area contributed by atoms with E-state index in [-0.39, 0.29) is 30.0 Å². The number of aryl methyl sites for hydroxylation is 2. The van der Waals surface area contributed by atoms with Gasteiger partial charge >= 0.3 is 0 Å². The number of halogens is 1. The zero-order valence-corrected chi connectivity index (χ0v) is 23.0. The number of morpholine rings is 1. The Bertz CT molecular complexity index is 667. The number of nitrogens with one attached hydrogen (secondary N) is 2. The highest BCUT2D eigenvalue weighted by molar-refractivity contribution is 14.0. The van der Waals surface area contributed by atoms with Gasteiger partial charge in [0.2, 0.25) is 0 Å². The highest BCUT2D eigenvalue weighted by atomic mass is 127. The molecule has 0 bridgehead atoms. The van der Waals surface area contributed by atoms with Crippen LogP contribution in [0.5, 0.6) is 0 Å². The van der Waals surface area contributed by atoms with Crippen molar-refractivity contribution >= 4 is 29.9 Å². The van der Waals surface area contributed by atoms with E-state index in [9.17, 15) is 0 Å². The van der Waals surface area contributed by atoms with Crippen molar-refractivity contribution in [2.75, 3.05) is 39.4 Å². The van der Waals surface area contributed by atoms with Crippen LogP contribution in [0.3, 0.4) is 0 Å². The van der Waals surface area contributed by atoms with Gasteiger partial charge in [0.1, 0.15) is 0 Å². The van der Waals surface area contributed by atoms with Crippen LogP contribution in [0.2, 0.25) is 0 Å². The summed E-state index contributed by atoms with van der Waals surface area (Å²) in [6.45, 7) is 18.5. The molecule has 2 atom stereocenters. The minimum absolute atomic E-state index is 0. The first-order chi connectivity index (χ1) is 14.4. The Labute approximate surface area is 206 Å². The van der Waals surface area contributed by atoms with E-state index in [2.05, 4.69) is 62.2 Å². The molecule has 1 aromatic heterocycles. The summed E-state index contributed by atoms with van der Waals surface area (Å²) >= 11 is 0. The van der Waals surface area contributed by atoms with E-state index in [4.69, 9.17) is 9.73 Å². The molecule has 0 radical (unpaired) electrons. The standard InChI is InChI=1S/C23H44N6O.HI/c1-8-20(9-2)22(29-11-13-30-14-12-29)16-25-23(24-10-3)26-17(4)15-21-18(5)27-28(7)19(21)6;/h17,20,22H,8-16H2,1-7H3,(H2,24,25,26);1H. The van der Waals surface area contributed by atoms with Crippen LogP contribution in [0.1, 0.15) is 57.5 Å². The van der Waals surface area contributed by atoms with Crippen molar-refractivity contribution in [2.24, 2.45) is 18.0 Å². The summed E-state index contributed by atoms with van der Waals surface area (Å²) < 4.78 is 7.55. The molecule has 31 heavy (non-hydrogen) atoms. The van der Waals surface area contributed by atoms with Gasteiger partial charge in [-0.3, -0.25) is 14.6 Å². The van der Waals surface area contributed by atoms with E-state index in [1.54, 1.807) is 0 Å². The van der Waals surface area contributed by atoms with Crippen LogP contribution in [0.15, 0.2) is 4.99 Å². The number of nitrogens with zero attached hydrogens (tertiary/aromatic N) is 4. The lowest BCUT2D eigenvalue weighted by molar-refractivity contribution is 0.00395. The zero-order valence-electron chi connectivity index (χ0n) is 20.7. The minimum Gasteiger partial charge on any atom is -0.379 e. The molecule has 2 unspecified atom stereocenters. The van der Waals surface area contributed by atoms with E-state index in [0.29, 0.717) is 12.0 Å². The molecule has 2 rings (SSSR count). The average Bonchev–Trinajstić information content (AvgIpc) is 2.97. The normalized spacial score (nSPS) is 17.4. The molecule has 1 fully saturated rings. The summed E-state index contributed by atoms with van der Waals surface area (Å²) in [6, 6.07) is 0.747. The fourth-order valence-electron chi connectivity index (χ4n) is 4.51. The molecular formula is C23H45IN6O. The molecule has 1 aliphatic heterocycles. The van der Waals surface area contributed by atoms with Gasteiger partial charge in [-0.25, -0.2) is 0 Å². The predicted molar refractivity (Wildman–Crippen MR) is 141 cm³/mol. The lowest BCUT2D eigenvalue weighted by Crippen LogP contribution is -2.49. The third-order valence-corrected chi connectivity index (χ3v) is 6.44. The van der Waals surface area contributed by atoms with E-state index >= 15 is 0 Å². The fraction of sp³-hybridized carbons (Fsp3) is 0.826. The van der Waals surface area contributed by atoms with Crippen LogP contribution in [0, 0.1) is 19.8 Å². The molecule has 8 heteroatoms. The van der Waals surface area contributed by atoms with Crippen molar-refractivity contribution < 1.29 is 4.74 Å². The lowest BCUT2D eigenvalue weighted by atomic mass is 9.92. The molecule has 1 aliphatic rings. The highest BCUT2D eigenvalue weighted by Crippen LogP contribution is 2.20. The first-order valence-corrected chi connectivity index (χ1v) is 11.8. The van der Waals surface area contributed by atoms with Crippen molar-refractivity contribution in [3.05, 3.63) is 17.0 Å². The molecule has 2 heterocycles. The largest absolute Gasteiger partial charge is 0.379 e. The second kappa shape index (κ2) is 14.3. The molecule has 0 amide bonds. The Balaban J connectivity index is 0.00000480. The summed E-state index contributed by atoms with van der Waals surface area (Å²) in [6.07, 6.45) is 3.32. The Morgan fingerprint density at radius 1 is 1.16 bits per heavy atom. The van der Waals surface area contributed by atoms with Gasteiger partial charge in [0.15, 0.2) is 5.96 Å². The maximum absolute atomic E-state index is 5.58. The Hall–Kier alpha value is -0.870. The maximum atomic E-state index is 5.58. The van der Waals surface area contributed by atoms with E-state index < -0.39 is 0 Å². The van der Waals surface area contributed by atoms with Crippen LogP contribution in [0.4, 0.5) is 0 Å². The van der Waals surface area contributed by atoms with Gasteiger partial charge in [0, 0.05) is 44.5 Å². The van der Waals surface area contributed by atoms with Gasteiger partial charge in [0.25, 0.3) is 0 Å². The van der Waals surface area contributed by atoms with Crippen molar-refractivity contribution in [3.8, 4) is 0 Å². The lowest BCUT2D eigenvalue weighted by Gasteiger charge is -2.38. The van der Waals surface area contributed by atoms with Crippen molar-refractivity contribution in [1.82, 2.24) is 25.3 Å². The third kappa shape index (κ3) is 8.20. The second-order valence-electron chi connectivity index (χ2n) is 8.53. The highest BCUT2D eigenvalue weighted by Gasteiger charge is 2.27. The SMILES string of the molecule is CCNC(=NCC(C(CC)CC)N1CCOCC1)NC(C)Cc1c(C)nn(C)c1C.I. The smallest absolute Gasteiger partial charge is 0.191 e. The third-order valence-electron chi connectivity index (χ3n) is 6.44. The Kier molecular flexibility index (Phi) is 13.0. The molecule has 0 aliphatic carbocycles. The number of hydrogen-bond donors (Lipinski definition) is 2. The number of rotatable bonds is 10. The molecule has 0 saturated carbocycles. The van der Waals surface area contributed by atoms with E-state index in [1.165, 1.54) is 24.1 Å². The predicted octanol–water partition coefficient (Wildman–Crippen LogP) is 3.28. The van der Waals surface area contributed by atoms with Crippen molar-refractivity contribution in [2.45, 2.75) is 72.9 Å². The summed E-state index contributed by atoms with van der Waals surface area (Å²) in [4.78, 5) is 7.61. The second-order valence-corrected chi connectivity index (χ2v) is 8.53. The molecule has 0 spiro atoms. The Morgan fingerprint density at radius 2 is 1.81 bits per heavy atom. The molecule has 1 aromatic rings. The molecule has 180 valence electrons. The average molecular weight is 549 g/mol. The molecule has 1 saturated heterocycles. The number of hydrogen-bond acceptors (Lipinski definition) is 4. The van der Waals surface area contributed by atoms with Crippen molar-refractivity contribution in [3.63, 3.8) is 0 Å². The zero-order chi connectivity index (χ0) is 22.1. The van der Waals surface area contributed by atoms with Gasteiger partial charge in [0.05, 0.1) is 25.5 Å². The van der Waals surface area contributed by atoms with Gasteiger partial charge in [-0.15, -0.1) is 24.0 Å². The van der Waals surface area contributed by atoms with Crippen LogP contribution in [0.25, 0.3) is 0 Å². The van der Waals surface area contributed by atoms with Crippen molar-refractivity contribution in [1.29, 1.82) is 0 Å². The van der Waals surface area contributed by atoms with E-state index in [0.717, 1.165) is 57.5 Å². The fourth-order valence-corrected chi connectivity index (χ4v) is 4.51. The van der Waals surface area contributed by atoms with Crippen LogP contribution in [-0.4, -0.2) is 72.1 Å². The molecule has 7 nitrogen and oxygen atoms in total. The summed E-state index contributed by atoms with van der Waals surface area (Å²) in [5.74, 6) is 1.57. The van der Waals surface area contributed by atoms with Crippen LogP contribution >= 0.6 is 24.0 Å². The maximum Gasteiger partial charge on any atom is 0.191 e. The number of ether oxygens (including phenoxy) is 1. The van der Waals surface area contributed by atoms with Gasteiger partial charge in [-0.2, -0.15) is 5.10 Å². The molecule has 0 aromatic carbocycles. The first kappa shape index (κ1) is 28.2. The van der Waals surface area contributed by atoms with Gasteiger partial charge in [-0.1, -0.05) is 26.7 Å². The van der Waals surface area contributed by atoms with Crippen LogP contribution in [-0.2, 0) is 18.2 Å². The summed E-state index contributed by atoms with van der Waals surface area (Å²) in [5, 5.41) is 11.6. The summed E-state index contributed by atoms with van der Waals surface area (Å²) in [5.41, 5.74) is 3.69. The monoisotopic (exact) mass is 548 g/mol. The molecule has 2 N–H and O–H groups in total. The number of aromatic nitrogens is 2. The topological polar surface area (TPSA) is 66.7 Å². The Morgan fingerprint density at radius 3 is 2.32 bits per heavy atom. The number of guanidine groups is 1. The minimum atomic E-state index is 0. The summed E-state index contributed by atoms with van der Waals surface area (Å²) in [7, 11) is 2.01. The van der Waals surface area contributed by atoms with E-state index in [1.807, 2.05) is 11.7 Å². The number of aliphatic imine (C=N–C) groups is 1.